The lowest BCUT2D eigenvalue weighted by Crippen LogP contribution is -2.13. The van der Waals surface area contributed by atoms with Gasteiger partial charge in [-0.2, -0.15) is 0 Å². The summed E-state index contributed by atoms with van der Waals surface area (Å²) in [6.07, 6.45) is 1.18. The monoisotopic (exact) mass is 311 g/mol. The van der Waals surface area contributed by atoms with E-state index in [2.05, 4.69) is 50.2 Å². The Labute approximate surface area is 93.8 Å². The van der Waals surface area contributed by atoms with Crippen molar-refractivity contribution in [1.29, 1.82) is 0 Å². The van der Waals surface area contributed by atoms with Crippen molar-refractivity contribution < 1.29 is 0 Å². The molecule has 1 aromatic heterocycles. The molecule has 0 aliphatic carbocycles. The van der Waals surface area contributed by atoms with Crippen molar-refractivity contribution in [1.82, 2.24) is 5.32 Å². The van der Waals surface area contributed by atoms with Crippen LogP contribution in [0.5, 0.6) is 0 Å². The van der Waals surface area contributed by atoms with E-state index in [4.69, 9.17) is 0 Å². The summed E-state index contributed by atoms with van der Waals surface area (Å²) < 4.78 is 2.40. The fourth-order valence-corrected chi connectivity index (χ4v) is 3.72. The molecular weight excluding hydrogens is 302 g/mol. The first kappa shape index (κ1) is 10.7. The molecule has 0 saturated heterocycles. The van der Waals surface area contributed by atoms with Crippen molar-refractivity contribution in [2.45, 2.75) is 19.9 Å². The predicted molar refractivity (Wildman–Crippen MR) is 61.7 cm³/mol. The quantitative estimate of drug-likeness (QED) is 0.834. The van der Waals surface area contributed by atoms with Gasteiger partial charge in [0.15, 0.2) is 0 Å². The smallest absolute Gasteiger partial charge is 0.0755 e. The Morgan fingerprint density at radius 3 is 2.75 bits per heavy atom. The van der Waals surface area contributed by atoms with Gasteiger partial charge in [-0.15, -0.1) is 11.3 Å². The van der Waals surface area contributed by atoms with Gasteiger partial charge in [0.1, 0.15) is 0 Å². The lowest BCUT2D eigenvalue weighted by atomic mass is 10.3. The van der Waals surface area contributed by atoms with E-state index in [1.54, 1.807) is 11.3 Å². The molecular formula is C8H11Br2NS. The number of nitrogens with one attached hydrogen (secondary N) is 1. The van der Waals surface area contributed by atoms with Crippen molar-refractivity contribution >= 4 is 43.2 Å². The van der Waals surface area contributed by atoms with E-state index >= 15 is 0 Å². The molecule has 1 heterocycles. The second-order valence-corrected chi connectivity index (χ2v) is 6.28. The molecule has 1 aromatic rings. The van der Waals surface area contributed by atoms with E-state index < -0.39 is 0 Å². The van der Waals surface area contributed by atoms with Crippen LogP contribution in [0.3, 0.4) is 0 Å². The topological polar surface area (TPSA) is 12.0 Å². The summed E-state index contributed by atoms with van der Waals surface area (Å²) in [4.78, 5) is 0. The number of rotatable bonds is 4. The van der Waals surface area contributed by atoms with E-state index in [-0.39, 0.29) is 0 Å². The third-order valence-corrected chi connectivity index (χ3v) is 3.93. The third kappa shape index (κ3) is 3.17. The van der Waals surface area contributed by atoms with Gasteiger partial charge < -0.3 is 5.32 Å². The van der Waals surface area contributed by atoms with E-state index in [0.717, 1.165) is 13.1 Å². The van der Waals surface area contributed by atoms with Crippen molar-refractivity contribution in [2.75, 3.05) is 6.54 Å². The molecule has 12 heavy (non-hydrogen) atoms. The van der Waals surface area contributed by atoms with Gasteiger partial charge in [-0.3, -0.25) is 0 Å². The minimum absolute atomic E-state index is 0.955. The summed E-state index contributed by atoms with van der Waals surface area (Å²) in [6.45, 7) is 4.21. The molecule has 68 valence electrons. The van der Waals surface area contributed by atoms with Crippen LogP contribution in [0.1, 0.15) is 18.9 Å². The zero-order valence-corrected chi connectivity index (χ0v) is 10.9. The lowest BCUT2D eigenvalue weighted by molar-refractivity contribution is 0.675. The summed E-state index contributed by atoms with van der Waals surface area (Å²) in [5, 5.41) is 3.36. The lowest BCUT2D eigenvalue weighted by Gasteiger charge is -2.00. The van der Waals surface area contributed by atoms with Crippen LogP contribution < -0.4 is 5.32 Å². The Bertz CT molecular complexity index is 247. The Kier molecular flexibility index (Phi) is 4.79. The zero-order chi connectivity index (χ0) is 8.97. The van der Waals surface area contributed by atoms with Crippen molar-refractivity contribution in [3.8, 4) is 0 Å². The molecule has 0 unspecified atom stereocenters. The van der Waals surface area contributed by atoms with Gasteiger partial charge >= 0.3 is 0 Å². The standard InChI is InChI=1S/C8H11Br2NS/c1-2-3-11-5-6-4-7(9)12-8(6)10/h4,11H,2-3,5H2,1H3. The number of hydrogen-bond donors (Lipinski definition) is 1. The van der Waals surface area contributed by atoms with Crippen molar-refractivity contribution in [3.05, 3.63) is 19.2 Å². The van der Waals surface area contributed by atoms with E-state index in [1.807, 2.05) is 0 Å². The SMILES string of the molecule is CCCNCc1cc(Br)sc1Br. The molecule has 0 radical (unpaired) electrons. The molecule has 4 heteroatoms. The Balaban J connectivity index is 2.45. The summed E-state index contributed by atoms with van der Waals surface area (Å²) in [5.41, 5.74) is 1.33. The Morgan fingerprint density at radius 1 is 1.50 bits per heavy atom. The summed E-state index contributed by atoms with van der Waals surface area (Å²) >= 11 is 8.69. The van der Waals surface area contributed by atoms with Gasteiger partial charge in [0.2, 0.25) is 0 Å². The number of thiophene rings is 1. The first-order chi connectivity index (χ1) is 5.74. The summed E-state index contributed by atoms with van der Waals surface area (Å²) in [7, 11) is 0. The maximum atomic E-state index is 3.52. The van der Waals surface area contributed by atoms with Crippen LogP contribution in [0, 0.1) is 0 Å². The number of hydrogen-bond acceptors (Lipinski definition) is 2. The second kappa shape index (κ2) is 5.37. The molecule has 0 atom stereocenters. The zero-order valence-electron chi connectivity index (χ0n) is 6.86. The first-order valence-electron chi connectivity index (χ1n) is 3.88. The van der Waals surface area contributed by atoms with Crippen LogP contribution in [-0.4, -0.2) is 6.54 Å². The highest BCUT2D eigenvalue weighted by molar-refractivity contribution is 9.12. The normalized spacial score (nSPS) is 10.6. The third-order valence-electron chi connectivity index (χ3n) is 1.47. The fourth-order valence-electron chi connectivity index (χ4n) is 0.895. The van der Waals surface area contributed by atoms with E-state index in [1.165, 1.54) is 19.6 Å². The molecule has 0 amide bonds. The highest BCUT2D eigenvalue weighted by Gasteiger charge is 2.03. The van der Waals surface area contributed by atoms with Crippen molar-refractivity contribution in [2.24, 2.45) is 0 Å². The van der Waals surface area contributed by atoms with Crippen LogP contribution in [0.4, 0.5) is 0 Å². The molecule has 1 N–H and O–H groups in total. The highest BCUT2D eigenvalue weighted by atomic mass is 79.9. The summed E-state index contributed by atoms with van der Waals surface area (Å²) in [5.74, 6) is 0. The molecule has 0 fully saturated rings. The first-order valence-corrected chi connectivity index (χ1v) is 6.28. The van der Waals surface area contributed by atoms with Gasteiger partial charge in [-0.1, -0.05) is 6.92 Å². The second-order valence-electron chi connectivity index (χ2n) is 2.53. The van der Waals surface area contributed by atoms with Crippen LogP contribution in [0.2, 0.25) is 0 Å². The molecule has 0 aromatic carbocycles. The van der Waals surface area contributed by atoms with Gasteiger partial charge in [0.25, 0.3) is 0 Å². The predicted octanol–water partition coefficient (Wildman–Crippen LogP) is 3.77. The maximum absolute atomic E-state index is 3.52. The fraction of sp³-hybridized carbons (Fsp3) is 0.500. The molecule has 0 spiro atoms. The molecule has 0 aliphatic heterocycles. The van der Waals surface area contributed by atoms with Crippen LogP contribution in [0.15, 0.2) is 13.6 Å². The number of halogens is 2. The van der Waals surface area contributed by atoms with Gasteiger partial charge in [0.05, 0.1) is 7.57 Å². The van der Waals surface area contributed by atoms with Gasteiger partial charge in [0, 0.05) is 6.54 Å². The van der Waals surface area contributed by atoms with Crippen LogP contribution in [-0.2, 0) is 6.54 Å². The molecule has 0 aliphatic rings. The van der Waals surface area contributed by atoms with Gasteiger partial charge in [-0.25, -0.2) is 0 Å². The average molecular weight is 313 g/mol. The average Bonchev–Trinajstić information content (AvgIpc) is 2.31. The largest absolute Gasteiger partial charge is 0.313 e. The van der Waals surface area contributed by atoms with Gasteiger partial charge in [-0.05, 0) is 56.5 Å². The molecule has 1 rings (SSSR count). The Hall–Kier alpha value is 0.620. The molecule has 0 bridgehead atoms. The van der Waals surface area contributed by atoms with Crippen LogP contribution in [0.25, 0.3) is 0 Å². The van der Waals surface area contributed by atoms with E-state index in [9.17, 15) is 0 Å². The molecule has 0 saturated carbocycles. The minimum atomic E-state index is 0.955. The Morgan fingerprint density at radius 2 is 2.25 bits per heavy atom. The minimum Gasteiger partial charge on any atom is -0.313 e. The summed E-state index contributed by atoms with van der Waals surface area (Å²) in [6, 6.07) is 2.15. The maximum Gasteiger partial charge on any atom is 0.0755 e. The molecule has 1 nitrogen and oxygen atoms in total. The highest BCUT2D eigenvalue weighted by Crippen LogP contribution is 2.31. The van der Waals surface area contributed by atoms with Crippen LogP contribution >= 0.6 is 43.2 Å². The van der Waals surface area contributed by atoms with Crippen molar-refractivity contribution in [3.63, 3.8) is 0 Å². The van der Waals surface area contributed by atoms with E-state index in [0.29, 0.717) is 0 Å².